The van der Waals surface area contributed by atoms with Gasteiger partial charge in [0.15, 0.2) is 6.10 Å². The zero-order valence-corrected chi connectivity index (χ0v) is 29.5. The second kappa shape index (κ2) is 29.9. The Morgan fingerprint density at radius 1 is 0.810 bits per heavy atom. The van der Waals surface area contributed by atoms with Crippen LogP contribution in [-0.4, -0.2) is 78.5 Å². The summed E-state index contributed by atoms with van der Waals surface area (Å²) in [5, 5.41) is 28.5. The van der Waals surface area contributed by atoms with Crippen LogP contribution in [0.3, 0.4) is 0 Å². The van der Waals surface area contributed by atoms with Gasteiger partial charge in [0.2, 0.25) is 10.4 Å². The summed E-state index contributed by atoms with van der Waals surface area (Å²) in [5.74, 6) is -0.394. The molecular formula is C30H59NaO10S. The number of hydrogen-bond donors (Lipinski definition) is 3. The summed E-state index contributed by atoms with van der Waals surface area (Å²) in [6, 6.07) is 0. The minimum Gasteiger partial charge on any atom is -0.726 e. The molecule has 0 saturated carbocycles. The fraction of sp³-hybridized carbons (Fsp3) is 0.967. The fourth-order valence-corrected chi connectivity index (χ4v) is 5.04. The molecule has 1 saturated heterocycles. The van der Waals surface area contributed by atoms with Crippen LogP contribution in [0.2, 0.25) is 0 Å². The van der Waals surface area contributed by atoms with Crippen LogP contribution < -0.4 is 29.6 Å². The first-order valence-corrected chi connectivity index (χ1v) is 17.4. The van der Waals surface area contributed by atoms with Gasteiger partial charge in [-0.1, -0.05) is 123 Å². The summed E-state index contributed by atoms with van der Waals surface area (Å²) in [7, 11) is -4.48. The van der Waals surface area contributed by atoms with Gasteiger partial charge in [-0.25, -0.2) is 8.42 Å². The van der Waals surface area contributed by atoms with E-state index in [1.807, 2.05) is 0 Å². The van der Waals surface area contributed by atoms with Crippen molar-refractivity contribution in [3.8, 4) is 0 Å². The third-order valence-corrected chi connectivity index (χ3v) is 7.68. The minimum atomic E-state index is -4.48. The Kier molecular flexibility index (Phi) is 31.5. The number of aliphatic hydroxyl groups is 3. The molecule has 1 aliphatic rings. The van der Waals surface area contributed by atoms with Gasteiger partial charge in [-0.3, -0.25) is 8.98 Å². The average molecular weight is 635 g/mol. The number of unbranched alkanes of at least 4 members (excludes halogenated alkanes) is 17. The molecule has 0 unspecified atom stereocenters. The van der Waals surface area contributed by atoms with Crippen LogP contribution in [0.4, 0.5) is 0 Å². The fourth-order valence-electron chi connectivity index (χ4n) is 4.72. The van der Waals surface area contributed by atoms with Crippen molar-refractivity contribution in [3.63, 3.8) is 0 Å². The Labute approximate surface area is 277 Å². The molecule has 0 aromatic carbocycles. The molecule has 0 bridgehead atoms. The molecule has 0 spiro atoms. The number of aliphatic hydroxyl groups excluding tert-OH is 3. The molecule has 4 atom stereocenters. The summed E-state index contributed by atoms with van der Waals surface area (Å²) in [6.07, 6.45) is 18.6. The predicted molar refractivity (Wildman–Crippen MR) is 158 cm³/mol. The number of carbonyl (C=O) groups excluding carboxylic acids is 1. The van der Waals surface area contributed by atoms with E-state index in [9.17, 15) is 33.1 Å². The van der Waals surface area contributed by atoms with E-state index in [0.29, 0.717) is 12.8 Å². The second-order valence-electron chi connectivity index (χ2n) is 11.1. The Hall–Kier alpha value is 0.180. The minimum absolute atomic E-state index is 0. The van der Waals surface area contributed by atoms with Crippen molar-refractivity contribution in [2.24, 2.45) is 0 Å². The van der Waals surface area contributed by atoms with Gasteiger partial charge in [-0.05, 0) is 12.8 Å². The topological polar surface area (TPSA) is 163 Å². The van der Waals surface area contributed by atoms with Crippen LogP contribution in [0.1, 0.15) is 142 Å². The van der Waals surface area contributed by atoms with E-state index >= 15 is 0 Å². The van der Waals surface area contributed by atoms with Crippen LogP contribution in [0, 0.1) is 0 Å². The van der Waals surface area contributed by atoms with Crippen LogP contribution >= 0.6 is 0 Å². The molecular weight excluding hydrogens is 575 g/mol. The molecule has 3 N–H and O–H groups in total. The molecule has 42 heavy (non-hydrogen) atoms. The summed E-state index contributed by atoms with van der Waals surface area (Å²) >= 11 is 0. The molecule has 1 rings (SSSR count). The summed E-state index contributed by atoms with van der Waals surface area (Å²) < 4.78 is 44.8. The molecule has 246 valence electrons. The number of hydrogen-bond acceptors (Lipinski definition) is 10. The molecule has 0 aromatic heterocycles. The molecule has 12 heteroatoms. The third kappa shape index (κ3) is 26.6. The van der Waals surface area contributed by atoms with Crippen LogP contribution in [0.25, 0.3) is 0 Å². The van der Waals surface area contributed by atoms with Crippen molar-refractivity contribution in [3.05, 3.63) is 0 Å². The van der Waals surface area contributed by atoms with Crippen molar-refractivity contribution in [1.29, 1.82) is 0 Å². The quantitative estimate of drug-likeness (QED) is 0.0447. The van der Waals surface area contributed by atoms with Crippen LogP contribution in [-0.2, 0) is 28.9 Å². The van der Waals surface area contributed by atoms with E-state index in [0.717, 1.165) is 32.1 Å². The first kappa shape index (κ1) is 44.3. The molecule has 0 aliphatic carbocycles. The second-order valence-corrected chi connectivity index (χ2v) is 12.1. The molecule has 0 radical (unpaired) electrons. The number of carbonyl (C=O) groups is 1. The Morgan fingerprint density at radius 2 is 1.24 bits per heavy atom. The Balaban J connectivity index is 0. The largest absolute Gasteiger partial charge is 1.00 e. The Bertz CT molecular complexity index is 710. The van der Waals surface area contributed by atoms with E-state index in [2.05, 4.69) is 18.0 Å². The van der Waals surface area contributed by atoms with Crippen LogP contribution in [0.5, 0.6) is 0 Å². The third-order valence-electron chi connectivity index (χ3n) is 7.23. The number of esters is 1. The molecule has 10 nitrogen and oxygen atoms in total. The zero-order chi connectivity index (χ0) is 30.8. The van der Waals surface area contributed by atoms with Crippen molar-refractivity contribution < 1.29 is 76.3 Å². The maximum Gasteiger partial charge on any atom is 1.00 e. The zero-order valence-electron chi connectivity index (χ0n) is 26.7. The van der Waals surface area contributed by atoms with Gasteiger partial charge in [-0.2, -0.15) is 0 Å². The number of ether oxygens (including phenoxy) is 2. The van der Waals surface area contributed by atoms with Crippen molar-refractivity contribution in [2.75, 3.05) is 19.8 Å². The molecule has 1 heterocycles. The predicted octanol–water partition coefficient (Wildman–Crippen LogP) is 2.32. The van der Waals surface area contributed by atoms with Gasteiger partial charge in [0, 0.05) is 6.42 Å². The van der Waals surface area contributed by atoms with Crippen molar-refractivity contribution in [1.82, 2.24) is 0 Å². The van der Waals surface area contributed by atoms with Gasteiger partial charge < -0.3 is 29.3 Å². The normalized spacial score (nSPS) is 19.0. The molecule has 0 aromatic rings. The van der Waals surface area contributed by atoms with Gasteiger partial charge in [0.05, 0.1) is 19.8 Å². The summed E-state index contributed by atoms with van der Waals surface area (Å²) in [6.45, 7) is 4.00. The Morgan fingerprint density at radius 3 is 1.62 bits per heavy atom. The van der Waals surface area contributed by atoms with Crippen molar-refractivity contribution >= 4 is 16.4 Å². The smallest absolute Gasteiger partial charge is 0.726 e. The van der Waals surface area contributed by atoms with E-state index < -0.39 is 47.4 Å². The standard InChI is InChI=1S/C18H34O6.C12H26O4S.Na/c1-2-3-4-5-6-7-8-9-10-11-16(21)24-15(12-19)18-17(22)14(20)13-23-18;1-2-3-4-5-6-7-8-9-10-11-12-16-17(13,14)15;/h14-15,17-20,22H,2-13H2,1H3;2-12H2,1H3,(H,13,14,15);/q;;+1/p-1/t14-,15+,17+,18+;;/m0../s1. The van der Waals surface area contributed by atoms with Crippen molar-refractivity contribution in [2.45, 2.75) is 167 Å². The first-order valence-electron chi connectivity index (χ1n) is 16.0. The monoisotopic (exact) mass is 634 g/mol. The van der Waals surface area contributed by atoms with Gasteiger partial charge >= 0.3 is 35.5 Å². The molecule has 1 aliphatic heterocycles. The van der Waals surface area contributed by atoms with Crippen LogP contribution in [0.15, 0.2) is 0 Å². The van der Waals surface area contributed by atoms with E-state index in [1.165, 1.54) is 83.5 Å². The van der Waals surface area contributed by atoms with Gasteiger partial charge in [0.25, 0.3) is 0 Å². The van der Waals surface area contributed by atoms with Gasteiger partial charge in [-0.15, -0.1) is 0 Å². The van der Waals surface area contributed by atoms with E-state index in [-0.39, 0.29) is 42.8 Å². The SMILES string of the molecule is CCCCCCCCCCCC(=O)O[C@H](CO)[C@H]1OC[C@H](O)[C@H]1O.CCCCCCCCCCCCOS(=O)(=O)[O-].[Na+]. The van der Waals surface area contributed by atoms with E-state index in [4.69, 9.17) is 9.47 Å². The van der Waals surface area contributed by atoms with Gasteiger partial charge in [0.1, 0.15) is 18.3 Å². The maximum atomic E-state index is 11.8. The number of rotatable bonds is 25. The molecule has 1 fully saturated rings. The maximum absolute atomic E-state index is 11.8. The summed E-state index contributed by atoms with van der Waals surface area (Å²) in [4.78, 5) is 11.8. The summed E-state index contributed by atoms with van der Waals surface area (Å²) in [5.41, 5.74) is 0. The molecule has 0 amide bonds. The van der Waals surface area contributed by atoms with E-state index in [1.54, 1.807) is 0 Å². The average Bonchev–Trinajstić information content (AvgIpc) is 3.26. The first-order chi connectivity index (χ1) is 19.7.